The molecular weight excluding hydrogens is 224 g/mol. The van der Waals surface area contributed by atoms with Crippen molar-refractivity contribution in [1.29, 1.82) is 0 Å². The number of nitro benzene ring substituents is 1. The van der Waals surface area contributed by atoms with E-state index in [4.69, 9.17) is 16.7 Å². The molecule has 0 saturated heterocycles. The molecule has 0 radical (unpaired) electrons. The zero-order chi connectivity index (χ0) is 10.7. The minimum Gasteiger partial charge on any atom is -0.280 e. The molecule has 0 aliphatic carbocycles. The van der Waals surface area contributed by atoms with Gasteiger partial charge in [0.05, 0.1) is 9.95 Å². The van der Waals surface area contributed by atoms with E-state index in [1.165, 1.54) is 18.2 Å². The van der Waals surface area contributed by atoms with Gasteiger partial charge < -0.3 is 0 Å². The van der Waals surface area contributed by atoms with Crippen LogP contribution in [0.3, 0.4) is 0 Å². The normalized spacial score (nSPS) is 12.8. The van der Waals surface area contributed by atoms with Crippen molar-refractivity contribution in [3.05, 3.63) is 33.3 Å². The molecule has 1 aromatic carbocycles. The molecule has 14 heavy (non-hydrogen) atoms. The molecule has 4 nitrogen and oxygen atoms in total. The zero-order valence-corrected chi connectivity index (χ0v) is 9.01. The topological polar surface area (TPSA) is 69.2 Å². The van der Waals surface area contributed by atoms with Gasteiger partial charge in [0.2, 0.25) is 0 Å². The van der Waals surface area contributed by atoms with Crippen molar-refractivity contribution >= 4 is 33.3 Å². The van der Waals surface area contributed by atoms with Crippen LogP contribution in [-0.4, -0.2) is 10.3 Å². The predicted octanol–water partition coefficient (Wildman–Crippen LogP) is 2.57. The van der Waals surface area contributed by atoms with Gasteiger partial charge in [0.1, 0.15) is 0 Å². The summed E-state index contributed by atoms with van der Waals surface area (Å²) in [5, 5.41) is 18.4. The molecule has 0 fully saturated rings. The SMILES string of the molecule is C/C=S(/N)c1cc([N+](=O)[O-])ccc1Cl. The number of nitrogens with two attached hydrogens (primary N) is 1. The average molecular weight is 233 g/mol. The third kappa shape index (κ3) is 2.31. The summed E-state index contributed by atoms with van der Waals surface area (Å²) in [6.45, 7) is 1.79. The van der Waals surface area contributed by atoms with Crippen molar-refractivity contribution in [2.24, 2.45) is 5.14 Å². The highest BCUT2D eigenvalue weighted by Gasteiger charge is 2.09. The maximum atomic E-state index is 10.5. The van der Waals surface area contributed by atoms with E-state index in [-0.39, 0.29) is 5.69 Å². The predicted molar refractivity (Wildman–Crippen MR) is 59.9 cm³/mol. The van der Waals surface area contributed by atoms with Crippen LogP contribution in [0, 0.1) is 10.1 Å². The summed E-state index contributed by atoms with van der Waals surface area (Å²) in [7, 11) is -0.640. The number of benzene rings is 1. The third-order valence-corrected chi connectivity index (χ3v) is 3.43. The summed E-state index contributed by atoms with van der Waals surface area (Å²) in [5.41, 5.74) is 0.00852. The molecule has 1 rings (SSSR count). The lowest BCUT2D eigenvalue weighted by molar-refractivity contribution is -0.385. The average Bonchev–Trinajstić information content (AvgIpc) is 2.17. The number of hydrogen-bond acceptors (Lipinski definition) is 3. The van der Waals surface area contributed by atoms with Crippen molar-refractivity contribution in [3.63, 3.8) is 0 Å². The number of non-ortho nitro benzene ring substituents is 1. The van der Waals surface area contributed by atoms with Crippen molar-refractivity contribution in [1.82, 2.24) is 0 Å². The third-order valence-electron chi connectivity index (χ3n) is 1.63. The molecule has 0 aliphatic rings. The summed E-state index contributed by atoms with van der Waals surface area (Å²) in [4.78, 5) is 10.6. The first-order chi connectivity index (χ1) is 6.56. The molecule has 0 aliphatic heterocycles. The van der Waals surface area contributed by atoms with E-state index < -0.39 is 15.6 Å². The number of nitro groups is 1. The number of rotatable bonds is 2. The van der Waals surface area contributed by atoms with Gasteiger partial charge in [-0.15, -0.1) is 0 Å². The minimum atomic E-state index is -0.640. The van der Waals surface area contributed by atoms with Crippen molar-refractivity contribution in [2.45, 2.75) is 11.8 Å². The van der Waals surface area contributed by atoms with Crippen LogP contribution in [0.2, 0.25) is 5.02 Å². The Balaban J connectivity index is 3.28. The lowest BCUT2D eigenvalue weighted by Crippen LogP contribution is -1.92. The van der Waals surface area contributed by atoms with Crippen LogP contribution in [0.25, 0.3) is 0 Å². The Kier molecular flexibility index (Phi) is 3.62. The minimum absolute atomic E-state index is 0.00852. The summed E-state index contributed by atoms with van der Waals surface area (Å²) in [6, 6.07) is 4.26. The van der Waals surface area contributed by atoms with Crippen molar-refractivity contribution < 1.29 is 4.92 Å². The Morgan fingerprint density at radius 3 is 2.79 bits per heavy atom. The highest BCUT2D eigenvalue weighted by molar-refractivity contribution is 8.13. The maximum absolute atomic E-state index is 10.5. The van der Waals surface area contributed by atoms with Gasteiger partial charge in [0.25, 0.3) is 5.69 Å². The molecular formula is C8H9ClN2O2S. The van der Waals surface area contributed by atoms with Crippen LogP contribution in [0.4, 0.5) is 5.69 Å². The van der Waals surface area contributed by atoms with Gasteiger partial charge in [-0.05, 0) is 18.4 Å². The van der Waals surface area contributed by atoms with Gasteiger partial charge in [0.15, 0.2) is 0 Å². The fourth-order valence-electron chi connectivity index (χ4n) is 0.913. The second-order valence-electron chi connectivity index (χ2n) is 2.48. The first kappa shape index (κ1) is 11.2. The lowest BCUT2D eigenvalue weighted by atomic mass is 10.3. The molecule has 1 unspecified atom stereocenters. The molecule has 76 valence electrons. The van der Waals surface area contributed by atoms with Crippen LogP contribution >= 0.6 is 22.3 Å². The molecule has 0 spiro atoms. The molecule has 0 amide bonds. The summed E-state index contributed by atoms with van der Waals surface area (Å²) < 4.78 is 0. The Labute approximate surface area is 88.9 Å². The Morgan fingerprint density at radius 1 is 1.64 bits per heavy atom. The fraction of sp³-hybridized carbons (Fsp3) is 0.125. The van der Waals surface area contributed by atoms with E-state index in [9.17, 15) is 10.1 Å². The van der Waals surface area contributed by atoms with Gasteiger partial charge in [-0.25, -0.2) is 0 Å². The largest absolute Gasteiger partial charge is 0.280 e. The van der Waals surface area contributed by atoms with Crippen LogP contribution in [0.5, 0.6) is 0 Å². The smallest absolute Gasteiger partial charge is 0.270 e. The molecule has 0 bridgehead atoms. The first-order valence-electron chi connectivity index (χ1n) is 3.77. The molecule has 0 aromatic heterocycles. The van der Waals surface area contributed by atoms with E-state index in [1.54, 1.807) is 12.3 Å². The van der Waals surface area contributed by atoms with Crippen LogP contribution < -0.4 is 5.14 Å². The number of halogens is 1. The Bertz CT molecular complexity index is 406. The van der Waals surface area contributed by atoms with E-state index in [0.717, 1.165) is 0 Å². The summed E-state index contributed by atoms with van der Waals surface area (Å²) in [5.74, 6) is 0. The maximum Gasteiger partial charge on any atom is 0.270 e. The summed E-state index contributed by atoms with van der Waals surface area (Å²) in [6.07, 6.45) is 0. The Morgan fingerprint density at radius 2 is 2.29 bits per heavy atom. The second kappa shape index (κ2) is 4.54. The number of nitrogens with zero attached hydrogens (tertiary/aromatic N) is 1. The van der Waals surface area contributed by atoms with Crippen LogP contribution in [0.15, 0.2) is 23.1 Å². The van der Waals surface area contributed by atoms with Crippen LogP contribution in [-0.2, 0) is 0 Å². The first-order valence-corrected chi connectivity index (χ1v) is 5.50. The van der Waals surface area contributed by atoms with E-state index in [2.05, 4.69) is 0 Å². The molecule has 1 atom stereocenters. The monoisotopic (exact) mass is 232 g/mol. The molecule has 0 heterocycles. The molecule has 1 aromatic rings. The van der Waals surface area contributed by atoms with Gasteiger partial charge >= 0.3 is 0 Å². The quantitative estimate of drug-likeness (QED) is 0.484. The number of hydrogen-bond donors (Lipinski definition) is 1. The summed E-state index contributed by atoms with van der Waals surface area (Å²) >= 11 is 5.86. The second-order valence-corrected chi connectivity index (χ2v) is 4.54. The fourth-order valence-corrected chi connectivity index (χ4v) is 2.10. The van der Waals surface area contributed by atoms with E-state index in [0.29, 0.717) is 9.92 Å². The molecule has 0 saturated carbocycles. The molecule has 6 heteroatoms. The Hall–Kier alpha value is -0.910. The highest BCUT2D eigenvalue weighted by atomic mass is 35.5. The van der Waals surface area contributed by atoms with Crippen molar-refractivity contribution in [3.8, 4) is 0 Å². The van der Waals surface area contributed by atoms with Crippen LogP contribution in [0.1, 0.15) is 6.92 Å². The van der Waals surface area contributed by atoms with Gasteiger partial charge in [-0.2, -0.15) is 0 Å². The van der Waals surface area contributed by atoms with E-state index >= 15 is 0 Å². The van der Waals surface area contributed by atoms with Gasteiger partial charge in [-0.1, -0.05) is 22.3 Å². The van der Waals surface area contributed by atoms with Gasteiger partial charge in [-0.3, -0.25) is 15.3 Å². The van der Waals surface area contributed by atoms with Gasteiger partial charge in [0, 0.05) is 17.0 Å². The molecule has 2 N–H and O–H groups in total. The van der Waals surface area contributed by atoms with E-state index in [1.807, 2.05) is 0 Å². The lowest BCUT2D eigenvalue weighted by Gasteiger charge is -2.04. The standard InChI is InChI=1S/C8H9ClN2O2S/c1-2-14(10)8-5-6(11(12)13)3-4-7(8)9/h2-5H,10H2,1H3. The highest BCUT2D eigenvalue weighted by Crippen LogP contribution is 2.31. The van der Waals surface area contributed by atoms with Crippen molar-refractivity contribution in [2.75, 3.05) is 0 Å². The zero-order valence-electron chi connectivity index (χ0n) is 7.44.